The zero-order valence-corrected chi connectivity index (χ0v) is 16.3. The minimum Gasteiger partial charge on any atom is -0.480 e. The van der Waals surface area contributed by atoms with Crippen molar-refractivity contribution in [2.45, 2.75) is 33.2 Å². The number of hydrogen-bond donors (Lipinski definition) is 3. The van der Waals surface area contributed by atoms with Crippen molar-refractivity contribution in [1.29, 1.82) is 0 Å². The second kappa shape index (κ2) is 9.27. The summed E-state index contributed by atoms with van der Waals surface area (Å²) < 4.78 is 0. The first-order valence-electron chi connectivity index (χ1n) is 8.59. The number of aryl methyl sites for hydroxylation is 1. The standard InChI is InChI=1S/C19H23N3O4S/c1-11(2)9-15(19(25)26)22-17(23)10-20-18(24)13-6-7-14(21-12(13)3)16-5-4-8-27-16/h4-8,11,15H,9-10H2,1-3H3,(H,20,24)(H,22,23)(H,25,26)/t15-/m0/s1. The van der Waals surface area contributed by atoms with Gasteiger partial charge in [0.15, 0.2) is 0 Å². The summed E-state index contributed by atoms with van der Waals surface area (Å²) in [5, 5.41) is 16.1. The van der Waals surface area contributed by atoms with Crippen molar-refractivity contribution in [1.82, 2.24) is 15.6 Å². The summed E-state index contributed by atoms with van der Waals surface area (Å²) >= 11 is 1.56. The molecule has 0 unspecified atom stereocenters. The number of carbonyl (C=O) groups excluding carboxylic acids is 2. The Balaban J connectivity index is 1.95. The fourth-order valence-corrected chi connectivity index (χ4v) is 3.25. The van der Waals surface area contributed by atoms with Gasteiger partial charge in [0.25, 0.3) is 5.91 Å². The Morgan fingerprint density at radius 3 is 2.52 bits per heavy atom. The third kappa shape index (κ3) is 5.89. The van der Waals surface area contributed by atoms with Gasteiger partial charge in [-0.15, -0.1) is 11.3 Å². The lowest BCUT2D eigenvalue weighted by molar-refractivity contribution is -0.142. The fraction of sp³-hybridized carbons (Fsp3) is 0.368. The van der Waals surface area contributed by atoms with Gasteiger partial charge in [0.2, 0.25) is 5.91 Å². The maximum Gasteiger partial charge on any atom is 0.326 e. The average molecular weight is 389 g/mol. The topological polar surface area (TPSA) is 108 Å². The molecule has 2 rings (SSSR count). The minimum absolute atomic E-state index is 0.122. The van der Waals surface area contributed by atoms with E-state index in [1.807, 2.05) is 31.4 Å². The number of thiophene rings is 1. The average Bonchev–Trinajstić information content (AvgIpc) is 3.13. The van der Waals surface area contributed by atoms with Crippen LogP contribution in [0.2, 0.25) is 0 Å². The number of rotatable bonds is 8. The highest BCUT2D eigenvalue weighted by Gasteiger charge is 2.21. The molecule has 8 heteroatoms. The highest BCUT2D eigenvalue weighted by molar-refractivity contribution is 7.13. The van der Waals surface area contributed by atoms with E-state index in [4.69, 9.17) is 5.11 Å². The molecule has 0 spiro atoms. The van der Waals surface area contributed by atoms with E-state index in [-0.39, 0.29) is 12.5 Å². The van der Waals surface area contributed by atoms with Crippen molar-refractivity contribution >= 4 is 29.1 Å². The van der Waals surface area contributed by atoms with Gasteiger partial charge >= 0.3 is 5.97 Å². The molecule has 2 aromatic rings. The van der Waals surface area contributed by atoms with Crippen molar-refractivity contribution in [3.63, 3.8) is 0 Å². The lowest BCUT2D eigenvalue weighted by atomic mass is 10.0. The lowest BCUT2D eigenvalue weighted by Gasteiger charge is -2.16. The van der Waals surface area contributed by atoms with Gasteiger partial charge in [0.1, 0.15) is 6.04 Å². The molecular formula is C19H23N3O4S. The van der Waals surface area contributed by atoms with Crippen LogP contribution >= 0.6 is 11.3 Å². The van der Waals surface area contributed by atoms with Gasteiger partial charge in [-0.3, -0.25) is 14.6 Å². The van der Waals surface area contributed by atoms with Crippen LogP contribution in [0.15, 0.2) is 29.6 Å². The van der Waals surface area contributed by atoms with Gasteiger partial charge in [0, 0.05) is 0 Å². The van der Waals surface area contributed by atoms with Gasteiger partial charge in [0.05, 0.1) is 28.4 Å². The number of carboxylic acid groups (broad SMARTS) is 1. The van der Waals surface area contributed by atoms with Crippen molar-refractivity contribution in [2.24, 2.45) is 5.92 Å². The number of hydrogen-bond acceptors (Lipinski definition) is 5. The highest BCUT2D eigenvalue weighted by atomic mass is 32.1. The Morgan fingerprint density at radius 2 is 1.96 bits per heavy atom. The fourth-order valence-electron chi connectivity index (χ4n) is 2.56. The van der Waals surface area contributed by atoms with Gasteiger partial charge in [-0.25, -0.2) is 4.79 Å². The molecular weight excluding hydrogens is 366 g/mol. The van der Waals surface area contributed by atoms with E-state index in [0.29, 0.717) is 17.7 Å². The molecule has 2 heterocycles. The molecule has 0 saturated carbocycles. The van der Waals surface area contributed by atoms with Crippen molar-refractivity contribution in [2.75, 3.05) is 6.54 Å². The molecule has 0 radical (unpaired) electrons. The molecule has 144 valence electrons. The third-order valence-electron chi connectivity index (χ3n) is 3.85. The number of nitrogens with zero attached hydrogens (tertiary/aromatic N) is 1. The van der Waals surface area contributed by atoms with Crippen LogP contribution < -0.4 is 10.6 Å². The lowest BCUT2D eigenvalue weighted by Crippen LogP contribution is -2.46. The summed E-state index contributed by atoms with van der Waals surface area (Å²) in [7, 11) is 0. The van der Waals surface area contributed by atoms with E-state index in [1.54, 1.807) is 30.4 Å². The number of carboxylic acids is 1. The Labute approximate surface area is 161 Å². The van der Waals surface area contributed by atoms with Crippen LogP contribution in [0.3, 0.4) is 0 Å². The number of pyridine rings is 1. The van der Waals surface area contributed by atoms with Crippen LogP contribution in [0, 0.1) is 12.8 Å². The van der Waals surface area contributed by atoms with E-state index in [0.717, 1.165) is 10.6 Å². The van der Waals surface area contributed by atoms with Gasteiger partial charge in [-0.1, -0.05) is 19.9 Å². The summed E-state index contributed by atoms with van der Waals surface area (Å²) in [6, 6.07) is 6.34. The molecule has 0 aliphatic carbocycles. The van der Waals surface area contributed by atoms with Gasteiger partial charge in [-0.2, -0.15) is 0 Å². The maximum absolute atomic E-state index is 12.3. The molecule has 0 fully saturated rings. The molecule has 2 amide bonds. The molecule has 0 bridgehead atoms. The number of aromatic nitrogens is 1. The molecule has 0 aliphatic rings. The smallest absolute Gasteiger partial charge is 0.326 e. The zero-order valence-electron chi connectivity index (χ0n) is 15.5. The van der Waals surface area contributed by atoms with Crippen molar-refractivity contribution < 1.29 is 19.5 Å². The Bertz CT molecular complexity index is 818. The molecule has 1 atom stereocenters. The van der Waals surface area contributed by atoms with Crippen molar-refractivity contribution in [3.8, 4) is 10.6 Å². The second-order valence-electron chi connectivity index (χ2n) is 6.58. The molecule has 0 aliphatic heterocycles. The van der Waals surface area contributed by atoms with Crippen LogP contribution in [0.5, 0.6) is 0 Å². The first-order valence-corrected chi connectivity index (χ1v) is 9.47. The largest absolute Gasteiger partial charge is 0.480 e. The summed E-state index contributed by atoms with van der Waals surface area (Å²) in [6.45, 7) is 5.18. The Kier molecular flexibility index (Phi) is 7.06. The Hall–Kier alpha value is -2.74. The number of aliphatic carboxylic acids is 1. The van der Waals surface area contributed by atoms with Gasteiger partial charge < -0.3 is 15.7 Å². The maximum atomic E-state index is 12.3. The second-order valence-corrected chi connectivity index (χ2v) is 7.53. The predicted octanol–water partition coefficient (Wildman–Crippen LogP) is 2.46. The molecule has 2 aromatic heterocycles. The van der Waals surface area contributed by atoms with E-state index < -0.39 is 23.8 Å². The molecule has 7 nitrogen and oxygen atoms in total. The summed E-state index contributed by atoms with van der Waals surface area (Å²) in [4.78, 5) is 40.9. The van der Waals surface area contributed by atoms with E-state index in [1.165, 1.54) is 0 Å². The monoisotopic (exact) mass is 389 g/mol. The summed E-state index contributed by atoms with van der Waals surface area (Å²) in [5.74, 6) is -1.94. The molecule has 0 saturated heterocycles. The quantitative estimate of drug-likeness (QED) is 0.643. The van der Waals surface area contributed by atoms with E-state index >= 15 is 0 Å². The predicted molar refractivity (Wildman–Crippen MR) is 104 cm³/mol. The van der Waals surface area contributed by atoms with E-state index in [9.17, 15) is 14.4 Å². The highest BCUT2D eigenvalue weighted by Crippen LogP contribution is 2.23. The third-order valence-corrected chi connectivity index (χ3v) is 4.75. The van der Waals surface area contributed by atoms with Crippen LogP contribution in [-0.4, -0.2) is 40.5 Å². The normalized spacial score (nSPS) is 11.9. The zero-order chi connectivity index (χ0) is 20.0. The van der Waals surface area contributed by atoms with Crippen molar-refractivity contribution in [3.05, 3.63) is 40.9 Å². The number of nitrogens with one attached hydrogen (secondary N) is 2. The van der Waals surface area contributed by atoms with Gasteiger partial charge in [-0.05, 0) is 42.8 Å². The SMILES string of the molecule is Cc1nc(-c2cccs2)ccc1C(=O)NCC(=O)N[C@@H](CC(C)C)C(=O)O. The molecule has 3 N–H and O–H groups in total. The number of carbonyl (C=O) groups is 3. The van der Waals surface area contributed by atoms with E-state index in [2.05, 4.69) is 15.6 Å². The van der Waals surface area contributed by atoms with Crippen LogP contribution in [0.25, 0.3) is 10.6 Å². The first-order chi connectivity index (χ1) is 12.8. The first kappa shape index (κ1) is 20.6. The molecule has 0 aromatic carbocycles. The van der Waals surface area contributed by atoms with Crippen LogP contribution in [-0.2, 0) is 9.59 Å². The summed E-state index contributed by atoms with van der Waals surface area (Å²) in [6.07, 6.45) is 0.322. The summed E-state index contributed by atoms with van der Waals surface area (Å²) in [5.41, 5.74) is 1.72. The van der Waals surface area contributed by atoms with Crippen LogP contribution in [0.1, 0.15) is 36.3 Å². The minimum atomic E-state index is -1.09. The Morgan fingerprint density at radius 1 is 1.22 bits per heavy atom. The molecule has 27 heavy (non-hydrogen) atoms. The van der Waals surface area contributed by atoms with Crippen LogP contribution in [0.4, 0.5) is 0 Å². The number of amides is 2.